The number of benzene rings is 2. The number of ether oxygens (including phenoxy) is 1. The smallest absolute Gasteiger partial charge is 0.142 e. The van der Waals surface area contributed by atoms with Gasteiger partial charge in [0.1, 0.15) is 24.2 Å². The SMILES string of the molecule is N#Cc1cc(COc2c(Cl)cccc2CN)ccc1F. The van der Waals surface area contributed by atoms with E-state index in [1.807, 2.05) is 6.07 Å². The minimum Gasteiger partial charge on any atom is -0.487 e. The van der Waals surface area contributed by atoms with E-state index in [4.69, 9.17) is 27.3 Å². The van der Waals surface area contributed by atoms with Crippen molar-refractivity contribution in [2.75, 3.05) is 0 Å². The molecular formula is C15H12ClFN2O. The van der Waals surface area contributed by atoms with Crippen LogP contribution in [-0.4, -0.2) is 0 Å². The van der Waals surface area contributed by atoms with Crippen LogP contribution in [-0.2, 0) is 13.2 Å². The highest BCUT2D eigenvalue weighted by Gasteiger charge is 2.08. The summed E-state index contributed by atoms with van der Waals surface area (Å²) >= 11 is 6.07. The van der Waals surface area contributed by atoms with Crippen LogP contribution >= 0.6 is 11.6 Å². The van der Waals surface area contributed by atoms with E-state index < -0.39 is 5.82 Å². The van der Waals surface area contributed by atoms with Gasteiger partial charge in [0.15, 0.2) is 0 Å². The predicted octanol–water partition coefficient (Wildman–Crippen LogP) is 3.39. The Morgan fingerprint density at radius 1 is 1.30 bits per heavy atom. The summed E-state index contributed by atoms with van der Waals surface area (Å²) in [5.41, 5.74) is 7.09. The fraction of sp³-hybridized carbons (Fsp3) is 0.133. The Morgan fingerprint density at radius 2 is 2.10 bits per heavy atom. The Hall–Kier alpha value is -2.09. The second kappa shape index (κ2) is 6.38. The number of nitrogens with two attached hydrogens (primary N) is 1. The lowest BCUT2D eigenvalue weighted by Crippen LogP contribution is -2.03. The molecular weight excluding hydrogens is 279 g/mol. The third-order valence-corrected chi connectivity index (χ3v) is 3.10. The molecule has 0 amide bonds. The first-order chi connectivity index (χ1) is 9.65. The topological polar surface area (TPSA) is 59.0 Å². The maximum absolute atomic E-state index is 13.2. The van der Waals surface area contributed by atoms with Crippen LogP contribution in [0.2, 0.25) is 5.02 Å². The molecule has 0 heterocycles. The zero-order valence-electron chi connectivity index (χ0n) is 10.6. The van der Waals surface area contributed by atoms with Crippen molar-refractivity contribution in [1.82, 2.24) is 0 Å². The number of halogens is 2. The summed E-state index contributed by atoms with van der Waals surface area (Å²) in [6, 6.07) is 11.4. The minimum atomic E-state index is -0.545. The van der Waals surface area contributed by atoms with Gasteiger partial charge in [0.05, 0.1) is 10.6 Å². The zero-order valence-corrected chi connectivity index (χ0v) is 11.3. The Bertz CT molecular complexity index is 667. The average Bonchev–Trinajstić information content (AvgIpc) is 2.47. The summed E-state index contributed by atoms with van der Waals surface area (Å²) in [4.78, 5) is 0. The molecule has 0 atom stereocenters. The number of nitrogens with zero attached hydrogens (tertiary/aromatic N) is 1. The molecule has 0 radical (unpaired) electrons. The van der Waals surface area contributed by atoms with Crippen molar-refractivity contribution in [3.63, 3.8) is 0 Å². The van der Waals surface area contributed by atoms with E-state index in [-0.39, 0.29) is 12.2 Å². The summed E-state index contributed by atoms with van der Waals surface area (Å²) in [7, 11) is 0. The highest BCUT2D eigenvalue weighted by molar-refractivity contribution is 6.32. The molecule has 0 aliphatic rings. The summed E-state index contributed by atoms with van der Waals surface area (Å²) in [6.45, 7) is 0.494. The summed E-state index contributed by atoms with van der Waals surface area (Å²) < 4.78 is 18.9. The lowest BCUT2D eigenvalue weighted by Gasteiger charge is -2.12. The molecule has 0 aromatic heterocycles. The molecule has 2 aromatic carbocycles. The van der Waals surface area contributed by atoms with Gasteiger partial charge < -0.3 is 10.5 Å². The average molecular weight is 291 g/mol. The van der Waals surface area contributed by atoms with Crippen molar-refractivity contribution in [2.24, 2.45) is 5.73 Å². The van der Waals surface area contributed by atoms with Gasteiger partial charge in [-0.25, -0.2) is 4.39 Å². The van der Waals surface area contributed by atoms with Crippen LogP contribution < -0.4 is 10.5 Å². The van der Waals surface area contributed by atoms with Crippen LogP contribution in [0.5, 0.6) is 5.75 Å². The molecule has 5 heteroatoms. The van der Waals surface area contributed by atoms with Crippen LogP contribution in [0.4, 0.5) is 4.39 Å². The fourth-order valence-corrected chi connectivity index (χ4v) is 2.03. The molecule has 2 aromatic rings. The van der Waals surface area contributed by atoms with Crippen molar-refractivity contribution in [2.45, 2.75) is 13.2 Å². The normalized spacial score (nSPS) is 10.1. The lowest BCUT2D eigenvalue weighted by molar-refractivity contribution is 0.303. The molecule has 0 aliphatic carbocycles. The Labute approximate surface area is 121 Å². The standard InChI is InChI=1S/C15H12ClFN2O/c16-13-3-1-2-11(7-18)15(13)20-9-10-4-5-14(17)12(6-10)8-19/h1-6H,7,9,18H2. The van der Waals surface area contributed by atoms with Crippen molar-refractivity contribution in [3.05, 3.63) is 63.9 Å². The van der Waals surface area contributed by atoms with Crippen molar-refractivity contribution in [1.29, 1.82) is 5.26 Å². The molecule has 3 nitrogen and oxygen atoms in total. The maximum Gasteiger partial charge on any atom is 0.142 e. The number of nitriles is 1. The Balaban J connectivity index is 2.19. The third-order valence-electron chi connectivity index (χ3n) is 2.80. The van der Waals surface area contributed by atoms with Gasteiger partial charge in [-0.2, -0.15) is 5.26 Å². The van der Waals surface area contributed by atoms with Crippen LogP contribution in [0.1, 0.15) is 16.7 Å². The van der Waals surface area contributed by atoms with Gasteiger partial charge >= 0.3 is 0 Å². The highest BCUT2D eigenvalue weighted by atomic mass is 35.5. The molecule has 2 rings (SSSR count). The molecule has 0 saturated heterocycles. The van der Waals surface area contributed by atoms with E-state index in [0.717, 1.165) is 5.56 Å². The van der Waals surface area contributed by atoms with Crippen LogP contribution in [0.25, 0.3) is 0 Å². The van der Waals surface area contributed by atoms with Crippen molar-refractivity contribution >= 4 is 11.6 Å². The van der Waals surface area contributed by atoms with E-state index in [1.54, 1.807) is 24.3 Å². The van der Waals surface area contributed by atoms with E-state index >= 15 is 0 Å². The second-order valence-corrected chi connectivity index (χ2v) is 4.55. The molecule has 0 saturated carbocycles. The molecule has 0 bridgehead atoms. The van der Waals surface area contributed by atoms with Gasteiger partial charge in [-0.15, -0.1) is 0 Å². The molecule has 0 fully saturated rings. The first-order valence-electron chi connectivity index (χ1n) is 5.94. The zero-order chi connectivity index (χ0) is 14.5. The monoisotopic (exact) mass is 290 g/mol. The minimum absolute atomic E-state index is 0.00990. The second-order valence-electron chi connectivity index (χ2n) is 4.15. The molecule has 0 unspecified atom stereocenters. The van der Waals surface area contributed by atoms with E-state index in [9.17, 15) is 4.39 Å². The number of para-hydroxylation sites is 1. The predicted molar refractivity (Wildman–Crippen MR) is 74.8 cm³/mol. The summed E-state index contributed by atoms with van der Waals surface area (Å²) in [5.74, 6) is -0.0314. The van der Waals surface area contributed by atoms with Crippen LogP contribution in [0.15, 0.2) is 36.4 Å². The number of hydrogen-bond donors (Lipinski definition) is 1. The first kappa shape index (κ1) is 14.3. The number of rotatable bonds is 4. The quantitative estimate of drug-likeness (QED) is 0.939. The Morgan fingerprint density at radius 3 is 2.80 bits per heavy atom. The molecule has 20 heavy (non-hydrogen) atoms. The summed E-state index contributed by atoms with van der Waals surface area (Å²) in [5, 5.41) is 9.25. The van der Waals surface area contributed by atoms with Gasteiger partial charge in [0.2, 0.25) is 0 Å². The van der Waals surface area contributed by atoms with Gasteiger partial charge in [0, 0.05) is 12.1 Å². The molecule has 102 valence electrons. The van der Waals surface area contributed by atoms with Gasteiger partial charge in [0.25, 0.3) is 0 Å². The first-order valence-corrected chi connectivity index (χ1v) is 6.32. The van der Waals surface area contributed by atoms with Crippen molar-refractivity contribution < 1.29 is 9.13 Å². The van der Waals surface area contributed by atoms with Gasteiger partial charge in [-0.05, 0) is 23.8 Å². The van der Waals surface area contributed by atoms with E-state index in [0.29, 0.717) is 22.9 Å². The highest BCUT2D eigenvalue weighted by Crippen LogP contribution is 2.29. The van der Waals surface area contributed by atoms with E-state index in [1.165, 1.54) is 12.1 Å². The molecule has 2 N–H and O–H groups in total. The van der Waals surface area contributed by atoms with E-state index in [2.05, 4.69) is 0 Å². The Kier molecular flexibility index (Phi) is 4.57. The third kappa shape index (κ3) is 3.08. The fourth-order valence-electron chi connectivity index (χ4n) is 1.78. The summed E-state index contributed by atoms with van der Waals surface area (Å²) in [6.07, 6.45) is 0. The van der Waals surface area contributed by atoms with Gasteiger partial charge in [-0.1, -0.05) is 29.8 Å². The van der Waals surface area contributed by atoms with Crippen LogP contribution in [0, 0.1) is 17.1 Å². The maximum atomic E-state index is 13.2. The van der Waals surface area contributed by atoms with Crippen LogP contribution in [0.3, 0.4) is 0 Å². The largest absolute Gasteiger partial charge is 0.487 e. The molecule has 0 aliphatic heterocycles. The van der Waals surface area contributed by atoms with Gasteiger partial charge in [-0.3, -0.25) is 0 Å². The molecule has 0 spiro atoms. The number of hydrogen-bond acceptors (Lipinski definition) is 3. The van der Waals surface area contributed by atoms with Crippen molar-refractivity contribution in [3.8, 4) is 11.8 Å². The lowest BCUT2D eigenvalue weighted by atomic mass is 10.1.